The molecule has 2 N–H and O–H groups in total. The van der Waals surface area contributed by atoms with Crippen LogP contribution in [0.5, 0.6) is 0 Å². The standard InChI is InChI=1S/C15H21NO2/c1-9-5-11(15(2,3)4)6-10-7-16-8-12(13(9)10)14(17)18/h5,7,11,16H,6,8H2,1-4H3,(H,17,18). The molecular weight excluding hydrogens is 226 g/mol. The van der Waals surface area contributed by atoms with E-state index in [4.69, 9.17) is 0 Å². The number of aliphatic carboxylic acids is 1. The van der Waals surface area contributed by atoms with E-state index in [1.807, 2.05) is 13.1 Å². The zero-order valence-corrected chi connectivity index (χ0v) is 11.5. The van der Waals surface area contributed by atoms with Crippen molar-refractivity contribution in [1.29, 1.82) is 0 Å². The molecule has 0 spiro atoms. The Hall–Kier alpha value is -1.51. The highest BCUT2D eigenvalue weighted by Crippen LogP contribution is 2.42. The van der Waals surface area contributed by atoms with E-state index in [0.717, 1.165) is 23.1 Å². The lowest BCUT2D eigenvalue weighted by Gasteiger charge is -2.36. The van der Waals surface area contributed by atoms with Gasteiger partial charge in [0.25, 0.3) is 0 Å². The van der Waals surface area contributed by atoms with Gasteiger partial charge in [0.05, 0.1) is 5.57 Å². The van der Waals surface area contributed by atoms with Crippen LogP contribution in [0, 0.1) is 11.3 Å². The number of rotatable bonds is 1. The van der Waals surface area contributed by atoms with E-state index in [2.05, 4.69) is 32.2 Å². The Kier molecular flexibility index (Phi) is 3.09. The highest BCUT2D eigenvalue weighted by Gasteiger charge is 2.32. The van der Waals surface area contributed by atoms with Crippen LogP contribution in [-0.4, -0.2) is 17.6 Å². The van der Waals surface area contributed by atoms with Crippen LogP contribution in [0.1, 0.15) is 34.1 Å². The van der Waals surface area contributed by atoms with Gasteiger partial charge in [0.1, 0.15) is 0 Å². The number of carboxylic acid groups (broad SMARTS) is 1. The Bertz CT molecular complexity index is 475. The van der Waals surface area contributed by atoms with Crippen LogP contribution in [0.3, 0.4) is 0 Å². The van der Waals surface area contributed by atoms with Crippen molar-refractivity contribution in [3.63, 3.8) is 0 Å². The van der Waals surface area contributed by atoms with Crippen LogP contribution in [0.2, 0.25) is 0 Å². The normalized spacial score (nSPS) is 23.9. The lowest BCUT2D eigenvalue weighted by molar-refractivity contribution is -0.132. The van der Waals surface area contributed by atoms with Crippen LogP contribution in [0.15, 0.2) is 34.6 Å². The number of allylic oxidation sites excluding steroid dienone is 4. The van der Waals surface area contributed by atoms with Gasteiger partial charge in [-0.25, -0.2) is 4.79 Å². The first kappa shape index (κ1) is 12.9. The molecule has 18 heavy (non-hydrogen) atoms. The molecule has 1 aliphatic heterocycles. The molecule has 0 amide bonds. The third-order valence-electron chi connectivity index (χ3n) is 3.83. The fraction of sp³-hybridized carbons (Fsp3) is 0.533. The maximum atomic E-state index is 11.3. The van der Waals surface area contributed by atoms with Gasteiger partial charge in [-0.05, 0) is 41.4 Å². The summed E-state index contributed by atoms with van der Waals surface area (Å²) in [5.74, 6) is -0.354. The van der Waals surface area contributed by atoms with Gasteiger partial charge in [-0.15, -0.1) is 0 Å². The summed E-state index contributed by atoms with van der Waals surface area (Å²) in [6.45, 7) is 9.12. The third kappa shape index (κ3) is 2.22. The SMILES string of the molecule is CC1=CC(C(C)(C)C)CC2=CNCC(C(=O)O)=C12. The Morgan fingerprint density at radius 3 is 2.67 bits per heavy atom. The minimum Gasteiger partial charge on any atom is -0.478 e. The Morgan fingerprint density at radius 1 is 1.44 bits per heavy atom. The molecule has 0 saturated heterocycles. The van der Waals surface area contributed by atoms with E-state index >= 15 is 0 Å². The number of nitrogens with one attached hydrogen (secondary N) is 1. The highest BCUT2D eigenvalue weighted by atomic mass is 16.4. The van der Waals surface area contributed by atoms with E-state index in [1.54, 1.807) is 0 Å². The van der Waals surface area contributed by atoms with Crippen LogP contribution in [0.25, 0.3) is 0 Å². The van der Waals surface area contributed by atoms with Gasteiger partial charge < -0.3 is 10.4 Å². The summed E-state index contributed by atoms with van der Waals surface area (Å²) in [4.78, 5) is 11.3. The van der Waals surface area contributed by atoms with Gasteiger partial charge >= 0.3 is 5.97 Å². The molecule has 0 aromatic carbocycles. The largest absolute Gasteiger partial charge is 0.478 e. The lowest BCUT2D eigenvalue weighted by Crippen LogP contribution is -2.29. The van der Waals surface area contributed by atoms with Gasteiger partial charge in [-0.1, -0.05) is 26.8 Å². The molecule has 98 valence electrons. The summed E-state index contributed by atoms with van der Waals surface area (Å²) >= 11 is 0. The van der Waals surface area contributed by atoms with Crippen LogP contribution >= 0.6 is 0 Å². The number of fused-ring (bicyclic) bond motifs is 1. The molecule has 0 saturated carbocycles. The molecule has 1 atom stereocenters. The van der Waals surface area contributed by atoms with Gasteiger partial charge in [0.15, 0.2) is 0 Å². The average Bonchev–Trinajstić information content (AvgIpc) is 2.26. The zero-order chi connectivity index (χ0) is 13.5. The first-order chi connectivity index (χ1) is 8.30. The van der Waals surface area contributed by atoms with Gasteiger partial charge in [-0.3, -0.25) is 0 Å². The van der Waals surface area contributed by atoms with Crippen molar-refractivity contribution < 1.29 is 9.90 Å². The maximum Gasteiger partial charge on any atom is 0.334 e. The molecule has 0 aromatic rings. The van der Waals surface area contributed by atoms with E-state index in [-0.39, 0.29) is 5.41 Å². The molecule has 1 heterocycles. The molecule has 2 rings (SSSR count). The second-order valence-corrected chi connectivity index (χ2v) is 6.24. The highest BCUT2D eigenvalue weighted by molar-refractivity contribution is 5.91. The van der Waals surface area contributed by atoms with Crippen molar-refractivity contribution in [2.45, 2.75) is 34.1 Å². The molecule has 3 nitrogen and oxygen atoms in total. The average molecular weight is 247 g/mol. The van der Waals surface area contributed by atoms with Crippen molar-refractivity contribution in [2.75, 3.05) is 6.54 Å². The van der Waals surface area contributed by atoms with Crippen molar-refractivity contribution in [2.24, 2.45) is 11.3 Å². The lowest BCUT2D eigenvalue weighted by atomic mass is 9.70. The summed E-state index contributed by atoms with van der Waals surface area (Å²) in [7, 11) is 0. The third-order valence-corrected chi connectivity index (χ3v) is 3.83. The fourth-order valence-corrected chi connectivity index (χ4v) is 2.70. The Labute approximate surface area is 108 Å². The minimum atomic E-state index is -0.815. The fourth-order valence-electron chi connectivity index (χ4n) is 2.70. The number of hydrogen-bond acceptors (Lipinski definition) is 2. The molecule has 0 bridgehead atoms. The summed E-state index contributed by atoms with van der Waals surface area (Å²) in [5, 5.41) is 12.3. The van der Waals surface area contributed by atoms with Crippen LogP contribution in [-0.2, 0) is 4.79 Å². The van der Waals surface area contributed by atoms with Crippen molar-refractivity contribution in [3.05, 3.63) is 34.6 Å². The number of carboxylic acids is 1. The zero-order valence-electron chi connectivity index (χ0n) is 11.5. The second kappa shape index (κ2) is 4.30. The summed E-state index contributed by atoms with van der Waals surface area (Å²) < 4.78 is 0. The number of hydrogen-bond donors (Lipinski definition) is 2. The molecule has 3 heteroatoms. The number of carbonyl (C=O) groups is 1. The molecular formula is C15H21NO2. The predicted molar refractivity (Wildman–Crippen MR) is 72.1 cm³/mol. The van der Waals surface area contributed by atoms with Gasteiger partial charge in [-0.2, -0.15) is 0 Å². The first-order valence-electron chi connectivity index (χ1n) is 6.38. The number of dihydropyridines is 1. The van der Waals surface area contributed by atoms with Crippen molar-refractivity contribution >= 4 is 5.97 Å². The topological polar surface area (TPSA) is 49.3 Å². The Morgan fingerprint density at radius 2 is 2.11 bits per heavy atom. The van der Waals surface area contributed by atoms with E-state index in [1.165, 1.54) is 0 Å². The van der Waals surface area contributed by atoms with E-state index < -0.39 is 5.97 Å². The van der Waals surface area contributed by atoms with Crippen molar-refractivity contribution in [3.8, 4) is 0 Å². The summed E-state index contributed by atoms with van der Waals surface area (Å²) in [6, 6.07) is 0. The van der Waals surface area contributed by atoms with E-state index in [9.17, 15) is 9.90 Å². The van der Waals surface area contributed by atoms with Crippen molar-refractivity contribution in [1.82, 2.24) is 5.32 Å². The smallest absolute Gasteiger partial charge is 0.334 e. The van der Waals surface area contributed by atoms with Gasteiger partial charge in [0.2, 0.25) is 0 Å². The Balaban J connectivity index is 2.49. The first-order valence-corrected chi connectivity index (χ1v) is 6.38. The van der Waals surface area contributed by atoms with Gasteiger partial charge in [0, 0.05) is 12.7 Å². The molecule has 0 fully saturated rings. The minimum absolute atomic E-state index is 0.203. The maximum absolute atomic E-state index is 11.3. The molecule has 1 aliphatic carbocycles. The second-order valence-electron chi connectivity index (χ2n) is 6.24. The quantitative estimate of drug-likeness (QED) is 0.749. The van der Waals surface area contributed by atoms with Crippen LogP contribution < -0.4 is 5.32 Å². The molecule has 1 unspecified atom stereocenters. The predicted octanol–water partition coefficient (Wildman–Crippen LogP) is 2.87. The molecule has 0 aromatic heterocycles. The molecule has 0 radical (unpaired) electrons. The van der Waals surface area contributed by atoms with E-state index in [0.29, 0.717) is 18.0 Å². The molecule has 2 aliphatic rings. The monoisotopic (exact) mass is 247 g/mol. The summed E-state index contributed by atoms with van der Waals surface area (Å²) in [6.07, 6.45) is 5.14. The summed E-state index contributed by atoms with van der Waals surface area (Å²) in [5.41, 5.74) is 3.88. The van der Waals surface area contributed by atoms with Crippen LogP contribution in [0.4, 0.5) is 0 Å².